The molecule has 0 atom stereocenters. The number of fused-ring (bicyclic) bond motifs is 30. The molecule has 0 saturated heterocycles. The van der Waals surface area contributed by atoms with Crippen LogP contribution in [0.4, 0.5) is 0 Å². The minimum Gasteiger partial charge on any atom is -0.309 e. The van der Waals surface area contributed by atoms with Crippen molar-refractivity contribution >= 4 is 206 Å². The van der Waals surface area contributed by atoms with Crippen LogP contribution in [0.15, 0.2) is 546 Å². The van der Waals surface area contributed by atoms with Crippen LogP contribution in [-0.4, -0.2) is 27.4 Å². The molecule has 688 valence electrons. The van der Waals surface area contributed by atoms with Gasteiger partial charge in [-0.2, -0.15) is 0 Å². The van der Waals surface area contributed by atoms with Gasteiger partial charge in [0.25, 0.3) is 0 Å². The topological polar surface area (TPSA) is 29.6 Å². The Hall–Kier alpha value is -19.7. The van der Waals surface area contributed by atoms with Gasteiger partial charge in [0.15, 0.2) is 0 Å². The van der Waals surface area contributed by atoms with E-state index < -0.39 is 0 Å². The highest BCUT2D eigenvalue weighted by Gasteiger charge is 2.30. The van der Waals surface area contributed by atoms with Crippen molar-refractivity contribution in [3.05, 3.63) is 546 Å². The minimum atomic E-state index is 1.16. The number of nitrogens with zero attached hydrogens (tertiary/aromatic N) is 6. The number of benzene rings is 26. The second-order valence-electron chi connectivity index (χ2n) is 39.2. The Morgan fingerprint density at radius 2 is 0.473 bits per heavy atom. The van der Waals surface area contributed by atoms with Crippen molar-refractivity contribution in [3.8, 4) is 78.6 Å². The van der Waals surface area contributed by atoms with E-state index in [1.54, 1.807) is 0 Å². The summed E-state index contributed by atoms with van der Waals surface area (Å²) in [7, 11) is 0. The Bertz CT molecular complexity index is 11000. The predicted octanol–water partition coefficient (Wildman–Crippen LogP) is 38.4. The summed E-state index contributed by atoms with van der Waals surface area (Å²) in [5, 5.41) is 32.8. The summed E-state index contributed by atoms with van der Waals surface area (Å²) in [4.78, 5) is 0. The first-order chi connectivity index (χ1) is 73.5. The molecule has 0 aliphatic carbocycles. The molecule has 6 heteroatoms. The van der Waals surface area contributed by atoms with E-state index in [-0.39, 0.29) is 0 Å². The maximum atomic E-state index is 2.49. The second-order valence-corrected chi connectivity index (χ2v) is 39.2. The first-order valence-electron chi connectivity index (χ1n) is 51.1. The van der Waals surface area contributed by atoms with Crippen molar-refractivity contribution in [1.29, 1.82) is 0 Å². The van der Waals surface area contributed by atoms with Gasteiger partial charge >= 0.3 is 0 Å². The third-order valence-corrected chi connectivity index (χ3v) is 31.2. The summed E-state index contributed by atoms with van der Waals surface area (Å²) >= 11 is 0. The quantitative estimate of drug-likeness (QED) is 0.122. The lowest BCUT2D eigenvalue weighted by Gasteiger charge is -2.15. The summed E-state index contributed by atoms with van der Waals surface area (Å²) < 4.78 is 14.8. The summed E-state index contributed by atoms with van der Waals surface area (Å²) in [6.45, 7) is 0. The van der Waals surface area contributed by atoms with Crippen LogP contribution in [0, 0.1) is 0 Å². The maximum absolute atomic E-state index is 2.49. The van der Waals surface area contributed by atoms with Crippen molar-refractivity contribution in [2.45, 2.75) is 0 Å². The normalized spacial score (nSPS) is 11.9. The molecule has 0 unspecified atom stereocenters. The third kappa shape index (κ3) is 13.2. The highest BCUT2D eigenvalue weighted by atomic mass is 15.0. The van der Waals surface area contributed by atoms with Crippen LogP contribution in [0.5, 0.6) is 0 Å². The van der Waals surface area contributed by atoms with Crippen molar-refractivity contribution in [3.63, 3.8) is 0 Å². The van der Waals surface area contributed by atoms with Gasteiger partial charge in [0, 0.05) is 104 Å². The van der Waals surface area contributed by atoms with Gasteiger partial charge in [0.2, 0.25) is 0 Å². The van der Waals surface area contributed by atoms with Gasteiger partial charge in [0.1, 0.15) is 0 Å². The van der Waals surface area contributed by atoms with E-state index in [2.05, 4.69) is 573 Å². The molecule has 148 heavy (non-hydrogen) atoms. The smallest absolute Gasteiger partial charge is 0.0641 e. The maximum Gasteiger partial charge on any atom is 0.0641 e. The van der Waals surface area contributed by atoms with Gasteiger partial charge in [-0.1, -0.05) is 406 Å². The fourth-order valence-corrected chi connectivity index (χ4v) is 24.9. The molecule has 6 aromatic heterocycles. The van der Waals surface area contributed by atoms with E-state index in [0.717, 1.165) is 28.4 Å². The van der Waals surface area contributed by atoms with Gasteiger partial charge in [-0.15, -0.1) is 0 Å². The molecule has 32 rings (SSSR count). The Labute approximate surface area is 852 Å². The first kappa shape index (κ1) is 84.1. The molecule has 0 saturated carbocycles. The summed E-state index contributed by atoms with van der Waals surface area (Å²) in [6, 6.07) is 200. The zero-order valence-corrected chi connectivity index (χ0v) is 80.6. The zero-order chi connectivity index (χ0) is 97.1. The van der Waals surface area contributed by atoms with E-state index in [1.165, 1.54) is 256 Å². The molecule has 0 spiro atoms. The van der Waals surface area contributed by atoms with E-state index >= 15 is 0 Å². The fraction of sp³-hybridized carbons (Fsp3) is 0. The van der Waals surface area contributed by atoms with Crippen molar-refractivity contribution in [2.75, 3.05) is 0 Å². The Balaban J connectivity index is 0.000000103. The van der Waals surface area contributed by atoms with E-state index in [4.69, 9.17) is 0 Å². The van der Waals surface area contributed by atoms with Crippen LogP contribution in [0.25, 0.3) is 285 Å². The summed E-state index contributed by atoms with van der Waals surface area (Å²) in [5.41, 5.74) is 31.4. The van der Waals surface area contributed by atoms with Gasteiger partial charge in [0.05, 0.1) is 66.2 Å². The lowest BCUT2D eigenvalue weighted by atomic mass is 9.93. The molecule has 0 N–H and O–H groups in total. The van der Waals surface area contributed by atoms with Crippen molar-refractivity contribution < 1.29 is 0 Å². The number of para-hydroxylation sites is 7. The zero-order valence-electron chi connectivity index (χ0n) is 80.6. The summed E-state index contributed by atoms with van der Waals surface area (Å²) in [6.07, 6.45) is 0. The fourth-order valence-electron chi connectivity index (χ4n) is 24.9. The SMILES string of the molecule is c1ccc(-c2cc(-n3c4ccccc4c4cc5c(cc43)c3c4cccc(-c6ccccc6)c4ccc3n5-c3ccccc3)cc3ccccc23)cc1.c1ccc(-c2cccc3cc4c(cc23)c2ccc3c(c5ccccc5n3-c3ccc5ccc6ccccc6c5c3)c2n4-c2ccccc2)cc1.c1ccc(-n2c3ccc4ccccc4c3c3c4c5ccccc5n(-c5ccccc5)c4c(-c4cccc5ccccc45)cc32)cc1. The molecule has 0 fully saturated rings. The minimum absolute atomic E-state index is 1.16. The number of rotatable bonds is 10. The second kappa shape index (κ2) is 34.0. The largest absolute Gasteiger partial charge is 0.309 e. The molecule has 0 aliphatic rings. The van der Waals surface area contributed by atoms with E-state index in [1.807, 2.05) is 0 Å². The van der Waals surface area contributed by atoms with E-state index in [9.17, 15) is 0 Å². The lowest BCUT2D eigenvalue weighted by molar-refractivity contribution is 1.17. The summed E-state index contributed by atoms with van der Waals surface area (Å²) in [5.74, 6) is 0. The van der Waals surface area contributed by atoms with Crippen LogP contribution in [-0.2, 0) is 0 Å². The van der Waals surface area contributed by atoms with Gasteiger partial charge in [-0.25, -0.2) is 0 Å². The van der Waals surface area contributed by atoms with Crippen molar-refractivity contribution in [2.24, 2.45) is 0 Å². The Morgan fingerprint density at radius 3 is 1.11 bits per heavy atom. The van der Waals surface area contributed by atoms with Gasteiger partial charge in [-0.05, 0) is 254 Å². The van der Waals surface area contributed by atoms with Crippen LogP contribution in [0.1, 0.15) is 0 Å². The average Bonchev–Trinajstić information content (AvgIpc) is 1.52. The molecular formula is C142H90N6. The molecule has 26 aromatic carbocycles. The van der Waals surface area contributed by atoms with Crippen LogP contribution >= 0.6 is 0 Å². The monoisotopic (exact) mass is 1880 g/mol. The molecule has 0 amide bonds. The molecule has 32 aromatic rings. The molecule has 0 bridgehead atoms. The van der Waals surface area contributed by atoms with Gasteiger partial charge < -0.3 is 27.4 Å². The predicted molar refractivity (Wildman–Crippen MR) is 630 cm³/mol. The molecule has 0 radical (unpaired) electrons. The van der Waals surface area contributed by atoms with Crippen LogP contribution < -0.4 is 0 Å². The van der Waals surface area contributed by atoms with E-state index in [0.29, 0.717) is 0 Å². The highest BCUT2D eigenvalue weighted by molar-refractivity contribution is 6.37. The lowest BCUT2D eigenvalue weighted by Crippen LogP contribution is -1.97. The standard InChI is InChI=1S/C50H32N2.C48H30N2.C44H28N2/c1-4-15-33(16-5-1)38-24-14-25-42-40(38)27-28-47-50(42)45-32-48-44(31-49(45)51(47)36-20-8-3-9-21-36)41-23-12-13-26-46(41)52(48)37-29-35-19-10-11-22-39(35)43(30-37)34-17-6-2-7-18-34;1-3-12-31(13-4-1)38-20-11-15-34-28-46-43(30-42(34)38)39-26-27-45-47(48(39)50(46)35-16-5-2-6-17-35)40-19-9-10-21-44(40)49(45)36-25-24-33-23-22-32-14-7-8-18-37(32)41(33)29-36;1-3-17-31(18-4-1)45-39-27-26-30-15-8-10-22-34(30)41(39)43-40(45)28-37(35-24-13-16-29-14-7-9-21-33(29)35)44-42(43)36-23-11-12-25-38(36)46(44)32-19-5-2-6-20-32/h1-32H;1-30H;1-28H. The molecule has 6 nitrogen and oxygen atoms in total. The molecule has 0 aliphatic heterocycles. The molecular weight excluding hydrogens is 1790 g/mol. The first-order valence-corrected chi connectivity index (χ1v) is 51.1. The highest BCUT2D eigenvalue weighted by Crippen LogP contribution is 2.53. The number of hydrogen-bond acceptors (Lipinski definition) is 0. The van der Waals surface area contributed by atoms with Crippen molar-refractivity contribution in [1.82, 2.24) is 27.4 Å². The third-order valence-electron chi connectivity index (χ3n) is 31.2. The Kier molecular flexibility index (Phi) is 19.3. The van der Waals surface area contributed by atoms with Crippen LogP contribution in [0.2, 0.25) is 0 Å². The average molecular weight is 1880 g/mol. The Morgan fingerprint density at radius 1 is 0.101 bits per heavy atom. The number of hydrogen-bond donors (Lipinski definition) is 0. The van der Waals surface area contributed by atoms with Gasteiger partial charge in [-0.3, -0.25) is 0 Å². The number of aromatic nitrogens is 6. The van der Waals surface area contributed by atoms with Crippen LogP contribution in [0.3, 0.4) is 0 Å². The molecule has 6 heterocycles.